The Bertz CT molecular complexity index is 1420. The lowest BCUT2D eigenvalue weighted by Crippen LogP contribution is -2.24. The molecule has 0 saturated carbocycles. The number of fused-ring (bicyclic) bond motifs is 4. The van der Waals surface area contributed by atoms with Crippen LogP contribution in [0.5, 0.6) is 0 Å². The fourth-order valence-electron chi connectivity index (χ4n) is 3.61. The van der Waals surface area contributed by atoms with Crippen molar-refractivity contribution in [3.05, 3.63) is 61.2 Å². The Hall–Kier alpha value is -3.30. The molecule has 1 amide bonds. The van der Waals surface area contributed by atoms with E-state index in [4.69, 9.17) is 4.98 Å². The van der Waals surface area contributed by atoms with Crippen molar-refractivity contribution >= 4 is 66.4 Å². The van der Waals surface area contributed by atoms with Gasteiger partial charge in [0.1, 0.15) is 5.52 Å². The third kappa shape index (κ3) is 3.74. The number of hydrogen-bond acceptors (Lipinski definition) is 7. The lowest BCUT2D eigenvalue weighted by Gasteiger charge is -2.12. The van der Waals surface area contributed by atoms with E-state index in [1.54, 1.807) is 0 Å². The summed E-state index contributed by atoms with van der Waals surface area (Å²) < 4.78 is 3.11. The molecule has 9 heteroatoms. The maximum Gasteiger partial charge on any atom is 0.239 e. The number of carbonyl (C=O) groups is 1. The summed E-state index contributed by atoms with van der Waals surface area (Å²) in [6.07, 6.45) is 2.46. The van der Waals surface area contributed by atoms with Crippen molar-refractivity contribution in [1.29, 1.82) is 0 Å². The monoisotopic (exact) mass is 460 g/mol. The number of para-hydroxylation sites is 2. The Morgan fingerprint density at radius 3 is 2.81 bits per heavy atom. The highest BCUT2D eigenvalue weighted by molar-refractivity contribution is 8.00. The van der Waals surface area contributed by atoms with Gasteiger partial charge in [-0.05, 0) is 24.6 Å². The Balaban J connectivity index is 1.42. The Morgan fingerprint density at radius 2 is 2.00 bits per heavy atom. The molecule has 5 aromatic rings. The number of nitrogens with one attached hydrogen (secondary N) is 1. The fourth-order valence-corrected chi connectivity index (χ4v) is 5.30. The van der Waals surface area contributed by atoms with Gasteiger partial charge in [0.15, 0.2) is 10.8 Å². The molecule has 0 aliphatic rings. The molecule has 7 nitrogen and oxygen atoms in total. The molecule has 0 radical (unpaired) electrons. The second-order valence-electron chi connectivity index (χ2n) is 7.17. The normalized spacial score (nSPS) is 12.4. The second-order valence-corrected chi connectivity index (χ2v) is 9.37. The lowest BCUT2D eigenvalue weighted by molar-refractivity contribution is -0.115. The highest BCUT2D eigenvalue weighted by Gasteiger charge is 2.22. The van der Waals surface area contributed by atoms with Crippen LogP contribution < -0.4 is 5.32 Å². The number of aromatic nitrogens is 5. The molecule has 0 fully saturated rings. The lowest BCUT2D eigenvalue weighted by atomic mass is 10.2. The summed E-state index contributed by atoms with van der Waals surface area (Å²) in [4.78, 5) is 22.2. The molecule has 0 aliphatic carbocycles. The van der Waals surface area contributed by atoms with Crippen LogP contribution in [-0.2, 0) is 11.3 Å². The van der Waals surface area contributed by atoms with Crippen molar-refractivity contribution in [1.82, 2.24) is 24.7 Å². The zero-order valence-electron chi connectivity index (χ0n) is 17.4. The molecule has 0 bridgehead atoms. The van der Waals surface area contributed by atoms with Crippen LogP contribution in [0.4, 0.5) is 5.13 Å². The van der Waals surface area contributed by atoms with Gasteiger partial charge >= 0.3 is 0 Å². The van der Waals surface area contributed by atoms with Crippen LogP contribution in [0.1, 0.15) is 13.3 Å². The molecule has 2 aromatic carbocycles. The Labute approximate surface area is 192 Å². The predicted octanol–water partition coefficient (Wildman–Crippen LogP) is 5.28. The minimum absolute atomic E-state index is 0.119. The average molecular weight is 461 g/mol. The average Bonchev–Trinajstić information content (AvgIpc) is 3.36. The first-order valence-electron chi connectivity index (χ1n) is 10.2. The van der Waals surface area contributed by atoms with E-state index >= 15 is 0 Å². The van der Waals surface area contributed by atoms with Gasteiger partial charge in [0.25, 0.3) is 0 Å². The van der Waals surface area contributed by atoms with Crippen molar-refractivity contribution in [2.24, 2.45) is 0 Å². The molecule has 0 aliphatic heterocycles. The number of rotatable bonds is 7. The van der Waals surface area contributed by atoms with Crippen molar-refractivity contribution in [3.63, 3.8) is 0 Å². The minimum atomic E-state index is -0.363. The number of carbonyl (C=O) groups excluding carboxylic acids is 1. The largest absolute Gasteiger partial charge is 0.320 e. The quantitative estimate of drug-likeness (QED) is 0.263. The topological polar surface area (TPSA) is 85.6 Å². The van der Waals surface area contributed by atoms with Gasteiger partial charge < -0.3 is 9.88 Å². The molecule has 3 aromatic heterocycles. The van der Waals surface area contributed by atoms with Crippen LogP contribution in [0.2, 0.25) is 0 Å². The highest BCUT2D eigenvalue weighted by Crippen LogP contribution is 2.30. The van der Waals surface area contributed by atoms with Gasteiger partial charge in [-0.25, -0.2) is 9.97 Å². The number of anilines is 1. The zero-order chi connectivity index (χ0) is 22.1. The van der Waals surface area contributed by atoms with E-state index in [1.807, 2.05) is 61.5 Å². The fraction of sp³-hybridized carbons (Fsp3) is 0.174. The van der Waals surface area contributed by atoms with Gasteiger partial charge in [0.2, 0.25) is 11.1 Å². The number of thiazole rings is 1. The van der Waals surface area contributed by atoms with Crippen LogP contribution in [0.25, 0.3) is 32.3 Å². The number of amides is 1. The molecule has 160 valence electrons. The van der Waals surface area contributed by atoms with Gasteiger partial charge in [-0.2, -0.15) is 0 Å². The first-order chi connectivity index (χ1) is 15.7. The van der Waals surface area contributed by atoms with E-state index in [-0.39, 0.29) is 11.2 Å². The molecule has 1 atom stereocenters. The van der Waals surface area contributed by atoms with Crippen molar-refractivity contribution in [2.75, 3.05) is 5.32 Å². The van der Waals surface area contributed by atoms with E-state index in [0.717, 1.165) is 32.3 Å². The van der Waals surface area contributed by atoms with Crippen LogP contribution >= 0.6 is 23.1 Å². The van der Waals surface area contributed by atoms with Gasteiger partial charge in [-0.1, -0.05) is 66.4 Å². The summed E-state index contributed by atoms with van der Waals surface area (Å²) in [5.74, 6) is -0.119. The van der Waals surface area contributed by atoms with E-state index in [9.17, 15) is 4.79 Å². The summed E-state index contributed by atoms with van der Waals surface area (Å²) in [6.45, 7) is 6.45. The van der Waals surface area contributed by atoms with E-state index in [0.29, 0.717) is 23.3 Å². The summed E-state index contributed by atoms with van der Waals surface area (Å²) >= 11 is 2.78. The number of benzene rings is 2. The Kier molecular flexibility index (Phi) is 5.59. The second kappa shape index (κ2) is 8.68. The molecule has 0 saturated heterocycles. The number of thioether (sulfide) groups is 1. The summed E-state index contributed by atoms with van der Waals surface area (Å²) in [5.41, 5.74) is 3.40. The van der Waals surface area contributed by atoms with E-state index in [1.165, 1.54) is 23.1 Å². The maximum atomic E-state index is 12.9. The van der Waals surface area contributed by atoms with Gasteiger partial charge in [-0.3, -0.25) is 4.79 Å². The van der Waals surface area contributed by atoms with Crippen molar-refractivity contribution in [3.8, 4) is 0 Å². The first kappa shape index (κ1) is 20.6. The molecule has 32 heavy (non-hydrogen) atoms. The molecule has 3 heterocycles. The number of allylic oxidation sites excluding steroid dienone is 1. The first-order valence-corrected chi connectivity index (χ1v) is 11.9. The van der Waals surface area contributed by atoms with Crippen LogP contribution in [-0.4, -0.2) is 35.9 Å². The molecule has 0 spiro atoms. The van der Waals surface area contributed by atoms with Gasteiger partial charge in [-0.15, -0.1) is 16.8 Å². The molecule has 1 N–H and O–H groups in total. The third-order valence-corrected chi connectivity index (χ3v) is 7.27. The zero-order valence-corrected chi connectivity index (χ0v) is 19.0. The van der Waals surface area contributed by atoms with E-state index in [2.05, 4.69) is 31.6 Å². The maximum absolute atomic E-state index is 12.9. The number of hydrogen-bond donors (Lipinski definition) is 1. The number of nitrogens with zero attached hydrogens (tertiary/aromatic N) is 5. The summed E-state index contributed by atoms with van der Waals surface area (Å²) in [6, 6.07) is 15.8. The predicted molar refractivity (Wildman–Crippen MR) is 131 cm³/mol. The van der Waals surface area contributed by atoms with Gasteiger partial charge in [0, 0.05) is 11.9 Å². The van der Waals surface area contributed by atoms with Crippen LogP contribution in [0.15, 0.2) is 66.3 Å². The Morgan fingerprint density at radius 1 is 1.19 bits per heavy atom. The summed E-state index contributed by atoms with van der Waals surface area (Å²) in [7, 11) is 0. The summed E-state index contributed by atoms with van der Waals surface area (Å²) in [5, 5.41) is 13.4. The van der Waals surface area contributed by atoms with Crippen LogP contribution in [0, 0.1) is 0 Å². The smallest absolute Gasteiger partial charge is 0.239 e. The highest BCUT2D eigenvalue weighted by atomic mass is 32.2. The van der Waals surface area contributed by atoms with Crippen LogP contribution in [0.3, 0.4) is 0 Å². The SMILES string of the molecule is C=CCn1c2ccccc2c2nnc(SC(CC)C(=O)Nc3nc4ccccc4s3)nc21. The molecule has 1 unspecified atom stereocenters. The molecular formula is C23H20N6OS2. The third-order valence-electron chi connectivity index (χ3n) is 5.10. The van der Waals surface area contributed by atoms with Crippen molar-refractivity contribution in [2.45, 2.75) is 30.3 Å². The van der Waals surface area contributed by atoms with Crippen molar-refractivity contribution < 1.29 is 4.79 Å². The molecule has 5 rings (SSSR count). The standard InChI is InChI=1S/C23H20N6OS2/c1-3-13-29-16-11-7-5-9-14(16)19-20(29)25-23(28-27-19)31-17(4-2)21(30)26-22-24-15-10-6-8-12-18(15)32-22/h3,5-12,17H,1,4,13H2,2H3,(H,24,26,30). The van der Waals surface area contributed by atoms with Gasteiger partial charge in [0.05, 0.1) is 21.0 Å². The van der Waals surface area contributed by atoms with E-state index < -0.39 is 0 Å². The molecular weight excluding hydrogens is 440 g/mol. The minimum Gasteiger partial charge on any atom is -0.320 e.